The summed E-state index contributed by atoms with van der Waals surface area (Å²) in [5.41, 5.74) is 4.47. The zero-order chi connectivity index (χ0) is 79.1. The zero-order valence-electron chi connectivity index (χ0n) is 62.4. The average Bonchev–Trinajstić information content (AvgIpc) is 0.755. The summed E-state index contributed by atoms with van der Waals surface area (Å²) in [6.07, 6.45) is -14.2. The quantitative estimate of drug-likeness (QED) is 0.0124. The Kier molecular flexibility index (Phi) is 32.7. The Labute approximate surface area is 653 Å². The molecule has 0 spiro atoms. The maximum absolute atomic E-state index is 14.6. The fraction of sp³-hybridized carbons (Fsp3) is 0.608. The van der Waals surface area contributed by atoms with Gasteiger partial charge in [0.25, 0.3) is 0 Å². The van der Waals surface area contributed by atoms with E-state index in [4.69, 9.17) is 56.9 Å². The number of likely N-dealkylation sites (N-methyl/N-ethyl adjacent to an activating group) is 1. The molecule has 0 radical (unpaired) electrons. The summed E-state index contributed by atoms with van der Waals surface area (Å²) in [5, 5.41) is 85.2. The number of hydroxylamine groups is 1. The molecule has 0 aromatic heterocycles. The van der Waals surface area contributed by atoms with Crippen molar-refractivity contribution < 1.29 is 121 Å². The summed E-state index contributed by atoms with van der Waals surface area (Å²) in [5.74, 6) is 9.85. The van der Waals surface area contributed by atoms with E-state index in [-0.39, 0.29) is 83.0 Å². The molecule has 5 unspecified atom stereocenters. The number of aliphatic hydroxyl groups excluding tert-OH is 6. The summed E-state index contributed by atoms with van der Waals surface area (Å²) in [6.45, 7) is 15.6. The van der Waals surface area contributed by atoms with Crippen molar-refractivity contribution in [3.63, 3.8) is 0 Å². The molecule has 10 N–H and O–H groups in total. The van der Waals surface area contributed by atoms with E-state index in [9.17, 15) is 64.5 Å². The number of ketones is 2. The van der Waals surface area contributed by atoms with Crippen LogP contribution in [0.2, 0.25) is 0 Å². The summed E-state index contributed by atoms with van der Waals surface area (Å²) < 4.78 is 67.2. The van der Waals surface area contributed by atoms with Crippen LogP contribution in [0.1, 0.15) is 128 Å². The van der Waals surface area contributed by atoms with Gasteiger partial charge in [0.05, 0.1) is 107 Å². The lowest BCUT2D eigenvalue weighted by Crippen LogP contribution is -2.65. The van der Waals surface area contributed by atoms with Gasteiger partial charge >= 0.3 is 0 Å². The molecular weight excluding hydrogens is 1580 g/mol. The summed E-state index contributed by atoms with van der Waals surface area (Å²) >= 11 is 2.72. The number of hydrogen-bond acceptors (Lipinski definition) is 30. The number of benzene rings is 2. The van der Waals surface area contributed by atoms with Crippen molar-refractivity contribution in [3.05, 3.63) is 85.2 Å². The molecule has 594 valence electrons. The van der Waals surface area contributed by atoms with Gasteiger partial charge in [-0.3, -0.25) is 28.8 Å². The first kappa shape index (κ1) is 87.9. The Hall–Kier alpha value is -5.63. The van der Waals surface area contributed by atoms with Gasteiger partial charge < -0.3 is 103 Å². The first-order valence-electron chi connectivity index (χ1n) is 35.2. The van der Waals surface area contributed by atoms with Crippen LogP contribution in [0.5, 0.6) is 17.2 Å². The second kappa shape index (κ2) is 40.2. The predicted octanol–water partition coefficient (Wildman–Crippen LogP) is 3.87. The second-order valence-corrected chi connectivity index (χ2v) is 32.4. The minimum absolute atomic E-state index is 0.00940. The highest BCUT2D eigenvalue weighted by Crippen LogP contribution is 2.46. The monoisotopic (exact) mass is 1680 g/mol. The van der Waals surface area contributed by atoms with E-state index in [0.717, 1.165) is 17.3 Å². The molecule has 2 aliphatic carbocycles. The summed E-state index contributed by atoms with van der Waals surface area (Å²) in [6, 6.07) is 5.42. The van der Waals surface area contributed by atoms with Gasteiger partial charge in [-0.25, -0.2) is 5.43 Å². The molecular formula is C74H98IN5O25S3. The number of aliphatic hydroxyl groups is 7. The molecule has 6 aliphatic rings. The van der Waals surface area contributed by atoms with Crippen molar-refractivity contribution >= 4 is 96.1 Å². The van der Waals surface area contributed by atoms with Crippen molar-refractivity contribution in [1.29, 1.82) is 0 Å². The predicted molar refractivity (Wildman–Crippen MR) is 405 cm³/mol. The smallest absolute Gasteiger partial charge is 0.250 e. The molecule has 2 aromatic carbocycles. The summed E-state index contributed by atoms with van der Waals surface area (Å²) in [7, 11) is 6.75. The molecule has 34 heteroatoms. The van der Waals surface area contributed by atoms with Gasteiger partial charge in [0.2, 0.25) is 29.1 Å². The molecule has 0 saturated carbocycles. The minimum Gasteiger partial charge on any atom is -0.495 e. The van der Waals surface area contributed by atoms with Gasteiger partial charge in [-0.1, -0.05) is 63.1 Å². The molecule has 4 heterocycles. The third kappa shape index (κ3) is 22.0. The third-order valence-corrected chi connectivity index (χ3v) is 24.6. The number of methoxy groups -OCH3 is 3. The highest BCUT2D eigenvalue weighted by atomic mass is 127. The number of carbonyl (C=O) groups excluding carboxylic acids is 6. The number of thioether (sulfide) groups is 1. The number of hydrogen-bond donors (Lipinski definition) is 10. The molecule has 4 fully saturated rings. The molecule has 2 aromatic rings. The highest BCUT2D eigenvalue weighted by Gasteiger charge is 2.53. The minimum atomic E-state index is -2.25. The Morgan fingerprint density at radius 3 is 2.23 bits per heavy atom. The lowest BCUT2D eigenvalue weighted by atomic mass is 9.75. The van der Waals surface area contributed by atoms with E-state index in [1.54, 1.807) is 57.7 Å². The van der Waals surface area contributed by atoms with Gasteiger partial charge in [-0.05, 0) is 139 Å². The summed E-state index contributed by atoms with van der Waals surface area (Å²) in [4.78, 5) is 87.6. The molecule has 3 amide bonds. The van der Waals surface area contributed by atoms with Crippen LogP contribution in [0, 0.1) is 34.2 Å². The molecule has 4 saturated heterocycles. The number of ether oxygens (including phenoxy) is 11. The van der Waals surface area contributed by atoms with Crippen LogP contribution >= 0.6 is 55.9 Å². The Balaban J connectivity index is 1.02. The number of Topliss-reactive ketones (excluding diaryl/α,β-unsaturated/α-hetero) is 2. The number of hydrazone groups is 1. The third-order valence-electron chi connectivity index (χ3n) is 18.8. The number of fused-ring (bicyclic) bond motifs is 2. The van der Waals surface area contributed by atoms with Crippen LogP contribution in [0.4, 0.5) is 0 Å². The first-order valence-corrected chi connectivity index (χ1v) is 39.5. The van der Waals surface area contributed by atoms with Gasteiger partial charge in [0.15, 0.2) is 30.3 Å². The number of amides is 3. The van der Waals surface area contributed by atoms with Crippen LogP contribution in [0.3, 0.4) is 0 Å². The lowest BCUT2D eigenvalue weighted by Gasteiger charge is -2.47. The first-order chi connectivity index (χ1) is 51.3. The fourth-order valence-corrected chi connectivity index (χ4v) is 17.4. The number of nitrogens with one attached hydrogen (secondary N) is 3. The number of halogens is 1. The molecule has 108 heavy (non-hydrogen) atoms. The molecule has 4 aliphatic heterocycles. The standard InChI is InChI=1S/C74H98IN5O25S3/c1-14-80(43(8)84)48-36-98-55(31-52(48)94-11)103-68-63(90)60(79-105-56-30-49(85)69(42(7)99-56)107-70(92)57-38(3)59(75)66(46(34-81)65(57)95-12)104-71-64(91)67(96-13)62(89)41(6)101-71)40(5)100-72(68)102-51-21-17-15-16-18-27-74(93)32-50(86)61(76-54(88)35-82)58(51)47(74)26-29-106-108-73(9,10)33-53(87)78-77-39(4)44-22-24-45(25-23-44)97-28-19-20-37(2)83/h15-16,22-26,40-42,48-49,51-52,55-56,60,62-64,67-69,71-72,79,81-82,85,89-91,93H,14,19-20,28-36H2,1-13H3,(H,76,88)(H,78,87)/t40?,41?,42?,48-,49+,51-,52+,55-,56-,60+,62-,63+,64?,67-,68?,69+,71-,72-,74-/m0/s1. The SMILES string of the molecule is CCN(C(C)=O)[C@H]1CO[C@@H](OC2[C@H](O[C@H]3C#CC=CC#C[C@]4(O)CC(=O)C(NC(=O)CO)=C3C4=CCSSC(C)(C)CC(=O)NN=C(C)c3ccc(OCCCC(C)=O)cc3)OC(C)[C@@H](NO[C@H]3C[C@@H](O)[C@H](SC(=O)c4c(C)c(I)c(O[C@@H]5OC(C)[C@H](O)[C@H](OC)C5O)c(CO)c4OC)C(C)O3)[C@H]2O)C[C@H]1OC. The molecule has 30 nitrogen and oxygen atoms in total. The topological polar surface area (TPSA) is 406 Å². The van der Waals surface area contributed by atoms with Crippen molar-refractivity contribution in [2.24, 2.45) is 5.10 Å². The van der Waals surface area contributed by atoms with Crippen molar-refractivity contribution in [2.45, 2.75) is 234 Å². The Morgan fingerprint density at radius 1 is 0.870 bits per heavy atom. The second-order valence-electron chi connectivity index (χ2n) is 27.2. The van der Waals surface area contributed by atoms with Crippen LogP contribution in [-0.4, -0.2) is 254 Å². The van der Waals surface area contributed by atoms with Crippen LogP contribution in [-0.2, 0) is 73.3 Å². The molecule has 19 atom stereocenters. The maximum atomic E-state index is 14.6. The number of rotatable bonds is 32. The number of carbonyl (C=O) groups is 6. The average molecular weight is 1680 g/mol. The van der Waals surface area contributed by atoms with Gasteiger partial charge in [-0.15, -0.1) is 0 Å². The Morgan fingerprint density at radius 2 is 1.58 bits per heavy atom. The van der Waals surface area contributed by atoms with E-state index in [1.807, 2.05) is 55.5 Å². The number of allylic oxidation sites excluding steroid dienone is 3. The fourth-order valence-electron chi connectivity index (χ4n) is 13.2. The van der Waals surface area contributed by atoms with E-state index in [0.29, 0.717) is 46.6 Å². The molecule has 8 rings (SSSR count). The van der Waals surface area contributed by atoms with Crippen molar-refractivity contribution in [3.8, 4) is 40.9 Å². The van der Waals surface area contributed by atoms with E-state index in [2.05, 4.69) is 45.0 Å². The number of nitrogens with zero attached hydrogens (tertiary/aromatic N) is 2. The van der Waals surface area contributed by atoms with Crippen LogP contribution in [0.15, 0.2) is 64.4 Å². The van der Waals surface area contributed by atoms with Crippen LogP contribution < -0.4 is 30.4 Å². The largest absolute Gasteiger partial charge is 0.495 e. The Bertz CT molecular complexity index is 3790. The van der Waals surface area contributed by atoms with Gasteiger partial charge in [0.1, 0.15) is 66.3 Å². The lowest BCUT2D eigenvalue weighted by molar-refractivity contribution is -0.337. The van der Waals surface area contributed by atoms with Crippen LogP contribution in [0.25, 0.3) is 0 Å². The van der Waals surface area contributed by atoms with E-state index < -0.39 is 162 Å². The highest BCUT2D eigenvalue weighted by molar-refractivity contribution is 14.1. The van der Waals surface area contributed by atoms with Crippen molar-refractivity contribution in [2.75, 3.05) is 53.4 Å². The zero-order valence-corrected chi connectivity index (χ0v) is 67.0. The van der Waals surface area contributed by atoms with Gasteiger partial charge in [-0.2, -0.15) is 10.6 Å². The molecule has 2 bridgehead atoms. The maximum Gasteiger partial charge on any atom is 0.250 e. The normalized spacial score (nSPS) is 30.5. The van der Waals surface area contributed by atoms with Gasteiger partial charge in [0, 0.05) is 75.0 Å². The van der Waals surface area contributed by atoms with Crippen molar-refractivity contribution in [1.82, 2.24) is 21.1 Å². The van der Waals surface area contributed by atoms with E-state index >= 15 is 0 Å². The van der Waals surface area contributed by atoms with E-state index in [1.165, 1.54) is 68.9 Å².